The zero-order valence-corrected chi connectivity index (χ0v) is 10.5. The number of hydrogen-bond acceptors (Lipinski definition) is 2. The summed E-state index contributed by atoms with van der Waals surface area (Å²) in [5, 5.41) is 9.92. The molecule has 18 heavy (non-hydrogen) atoms. The Labute approximate surface area is 106 Å². The number of carbonyl (C=O) groups excluding carboxylic acids is 1. The number of aliphatic hydroxyl groups is 1. The maximum atomic E-state index is 13.6. The summed E-state index contributed by atoms with van der Waals surface area (Å²) in [6.45, 7) is 0. The van der Waals surface area contributed by atoms with E-state index in [-0.39, 0.29) is 17.5 Å². The van der Waals surface area contributed by atoms with Crippen LogP contribution in [-0.2, 0) is 0 Å². The summed E-state index contributed by atoms with van der Waals surface area (Å²) in [4.78, 5) is 13.7. The molecule has 0 aromatic heterocycles. The van der Waals surface area contributed by atoms with Gasteiger partial charge in [-0.3, -0.25) is 4.79 Å². The molecule has 0 saturated heterocycles. The van der Waals surface area contributed by atoms with E-state index in [9.17, 15) is 14.3 Å². The van der Waals surface area contributed by atoms with Crippen LogP contribution in [0.5, 0.6) is 0 Å². The molecule has 98 valence electrons. The largest absolute Gasteiger partial charge is 0.391 e. The summed E-state index contributed by atoms with van der Waals surface area (Å²) in [6.07, 6.45) is 2.97. The van der Waals surface area contributed by atoms with E-state index in [4.69, 9.17) is 0 Å². The summed E-state index contributed by atoms with van der Waals surface area (Å²) < 4.78 is 13.6. The molecule has 1 fully saturated rings. The lowest BCUT2D eigenvalue weighted by molar-refractivity contribution is 0.0265. The lowest BCUT2D eigenvalue weighted by Crippen LogP contribution is -2.46. The van der Waals surface area contributed by atoms with Gasteiger partial charge in [0.1, 0.15) is 5.82 Å². The average Bonchev–Trinajstić information content (AvgIpc) is 2.38. The molecule has 0 heterocycles. The fourth-order valence-corrected chi connectivity index (χ4v) is 2.52. The highest BCUT2D eigenvalue weighted by Gasteiger charge is 2.30. The van der Waals surface area contributed by atoms with Crippen molar-refractivity contribution in [1.29, 1.82) is 0 Å². The fraction of sp³-hybridized carbons (Fsp3) is 0.500. The highest BCUT2D eigenvalue weighted by Crippen LogP contribution is 2.24. The monoisotopic (exact) mass is 251 g/mol. The predicted molar refractivity (Wildman–Crippen MR) is 66.8 cm³/mol. The third kappa shape index (κ3) is 2.53. The van der Waals surface area contributed by atoms with Gasteiger partial charge in [0.25, 0.3) is 5.91 Å². The molecule has 4 heteroatoms. The second-order valence-electron chi connectivity index (χ2n) is 4.82. The van der Waals surface area contributed by atoms with Gasteiger partial charge in [0.2, 0.25) is 0 Å². The van der Waals surface area contributed by atoms with Crippen LogP contribution in [0.1, 0.15) is 36.0 Å². The van der Waals surface area contributed by atoms with E-state index in [2.05, 4.69) is 0 Å². The number of hydrogen-bond donors (Lipinski definition) is 1. The standard InChI is InChI=1S/C14H18FNO2/c1-16(12-8-4-5-9-13(12)17)14(18)10-6-2-3-7-11(10)15/h2-3,6-7,12-13,17H,4-5,8-9H2,1H3/t12-,13+/m0/s1. The quantitative estimate of drug-likeness (QED) is 0.875. The lowest BCUT2D eigenvalue weighted by atomic mass is 9.91. The van der Waals surface area contributed by atoms with Crippen molar-refractivity contribution in [3.8, 4) is 0 Å². The van der Waals surface area contributed by atoms with Crippen molar-refractivity contribution in [3.05, 3.63) is 35.6 Å². The lowest BCUT2D eigenvalue weighted by Gasteiger charge is -2.35. The SMILES string of the molecule is CN(C(=O)c1ccccc1F)[C@H]1CCCC[C@H]1O. The van der Waals surface area contributed by atoms with Crippen LogP contribution in [-0.4, -0.2) is 35.1 Å². The van der Waals surface area contributed by atoms with Crippen LogP contribution in [0.15, 0.2) is 24.3 Å². The van der Waals surface area contributed by atoms with Gasteiger partial charge in [0.05, 0.1) is 17.7 Å². The Bertz CT molecular complexity index is 436. The van der Waals surface area contributed by atoms with Crippen LogP contribution in [0.3, 0.4) is 0 Å². The third-order valence-electron chi connectivity index (χ3n) is 3.62. The zero-order chi connectivity index (χ0) is 13.1. The molecule has 3 nitrogen and oxygen atoms in total. The molecule has 0 unspecified atom stereocenters. The van der Waals surface area contributed by atoms with E-state index >= 15 is 0 Å². The molecule has 2 rings (SSSR count). The molecular formula is C14H18FNO2. The first-order chi connectivity index (χ1) is 8.61. The fourth-order valence-electron chi connectivity index (χ4n) is 2.52. The number of carbonyl (C=O) groups is 1. The van der Waals surface area contributed by atoms with Gasteiger partial charge in [0, 0.05) is 7.05 Å². The number of aliphatic hydroxyl groups excluding tert-OH is 1. The summed E-state index contributed by atoms with van der Waals surface area (Å²) in [7, 11) is 1.63. The van der Waals surface area contributed by atoms with E-state index in [0.717, 1.165) is 19.3 Å². The summed E-state index contributed by atoms with van der Waals surface area (Å²) in [5.74, 6) is -0.876. The maximum absolute atomic E-state index is 13.6. The van der Waals surface area contributed by atoms with Crippen molar-refractivity contribution in [2.24, 2.45) is 0 Å². The van der Waals surface area contributed by atoms with Gasteiger partial charge in [-0.2, -0.15) is 0 Å². The minimum Gasteiger partial charge on any atom is -0.391 e. The maximum Gasteiger partial charge on any atom is 0.256 e. The Morgan fingerprint density at radius 2 is 2.00 bits per heavy atom. The number of benzene rings is 1. The number of likely N-dealkylation sites (N-methyl/N-ethyl adjacent to an activating group) is 1. The average molecular weight is 251 g/mol. The van der Waals surface area contributed by atoms with Gasteiger partial charge in [-0.15, -0.1) is 0 Å². The number of rotatable bonds is 2. The van der Waals surface area contributed by atoms with E-state index in [1.165, 1.54) is 17.0 Å². The van der Waals surface area contributed by atoms with Crippen molar-refractivity contribution >= 4 is 5.91 Å². The van der Waals surface area contributed by atoms with Crippen molar-refractivity contribution in [2.75, 3.05) is 7.05 Å². The molecule has 1 aromatic carbocycles. The molecule has 0 aliphatic heterocycles. The van der Waals surface area contributed by atoms with Gasteiger partial charge in [-0.1, -0.05) is 25.0 Å². The molecule has 2 atom stereocenters. The van der Waals surface area contributed by atoms with Gasteiger partial charge >= 0.3 is 0 Å². The van der Waals surface area contributed by atoms with Gasteiger partial charge in [-0.05, 0) is 25.0 Å². The topological polar surface area (TPSA) is 40.5 Å². The van der Waals surface area contributed by atoms with Crippen molar-refractivity contribution < 1.29 is 14.3 Å². The Morgan fingerprint density at radius 3 is 2.67 bits per heavy atom. The Kier molecular flexibility index (Phi) is 3.97. The van der Waals surface area contributed by atoms with Crippen molar-refractivity contribution in [1.82, 2.24) is 4.90 Å². The number of halogens is 1. The molecule has 1 saturated carbocycles. The second-order valence-corrected chi connectivity index (χ2v) is 4.82. The number of amides is 1. The molecule has 0 bridgehead atoms. The molecular weight excluding hydrogens is 233 g/mol. The van der Waals surface area contributed by atoms with Gasteiger partial charge < -0.3 is 10.0 Å². The van der Waals surface area contributed by atoms with Gasteiger partial charge in [-0.25, -0.2) is 4.39 Å². The predicted octanol–water partition coefficient (Wildman–Crippen LogP) is 2.20. The van der Waals surface area contributed by atoms with E-state index in [1.807, 2.05) is 0 Å². The van der Waals surface area contributed by atoms with E-state index < -0.39 is 11.9 Å². The normalized spacial score (nSPS) is 23.7. The molecule has 1 N–H and O–H groups in total. The first-order valence-corrected chi connectivity index (χ1v) is 6.31. The van der Waals surface area contributed by atoms with Crippen LogP contribution in [0.4, 0.5) is 4.39 Å². The van der Waals surface area contributed by atoms with Gasteiger partial charge in [0.15, 0.2) is 0 Å². The third-order valence-corrected chi connectivity index (χ3v) is 3.62. The van der Waals surface area contributed by atoms with E-state index in [0.29, 0.717) is 6.42 Å². The van der Waals surface area contributed by atoms with Crippen LogP contribution >= 0.6 is 0 Å². The molecule has 0 spiro atoms. The molecule has 1 aliphatic rings. The van der Waals surface area contributed by atoms with E-state index in [1.54, 1.807) is 19.2 Å². The molecule has 1 amide bonds. The summed E-state index contributed by atoms with van der Waals surface area (Å²) >= 11 is 0. The first kappa shape index (κ1) is 13.0. The summed E-state index contributed by atoms with van der Waals surface area (Å²) in [6, 6.07) is 5.75. The Hall–Kier alpha value is -1.42. The molecule has 1 aromatic rings. The Balaban J connectivity index is 2.16. The minimum absolute atomic E-state index is 0.0674. The minimum atomic E-state index is -0.514. The summed E-state index contributed by atoms with van der Waals surface area (Å²) in [5.41, 5.74) is 0.0674. The smallest absolute Gasteiger partial charge is 0.256 e. The second kappa shape index (κ2) is 5.48. The highest BCUT2D eigenvalue weighted by molar-refractivity contribution is 5.94. The first-order valence-electron chi connectivity index (χ1n) is 6.31. The molecule has 0 radical (unpaired) electrons. The van der Waals surface area contributed by atoms with Crippen LogP contribution in [0, 0.1) is 5.82 Å². The van der Waals surface area contributed by atoms with Crippen LogP contribution in [0.25, 0.3) is 0 Å². The zero-order valence-electron chi connectivity index (χ0n) is 10.5. The van der Waals surface area contributed by atoms with Crippen LogP contribution in [0.2, 0.25) is 0 Å². The highest BCUT2D eigenvalue weighted by atomic mass is 19.1. The molecule has 1 aliphatic carbocycles. The van der Waals surface area contributed by atoms with Crippen LogP contribution < -0.4 is 0 Å². The van der Waals surface area contributed by atoms with Crippen molar-refractivity contribution in [3.63, 3.8) is 0 Å². The Morgan fingerprint density at radius 1 is 1.33 bits per heavy atom. The van der Waals surface area contributed by atoms with Crippen molar-refractivity contribution in [2.45, 2.75) is 37.8 Å². The number of nitrogens with zero attached hydrogens (tertiary/aromatic N) is 1.